The summed E-state index contributed by atoms with van der Waals surface area (Å²) in [6.45, 7) is 1.79. The van der Waals surface area contributed by atoms with E-state index in [1.54, 1.807) is 6.92 Å². The molecule has 0 unspecified atom stereocenters. The molecule has 0 radical (unpaired) electrons. The fourth-order valence-corrected chi connectivity index (χ4v) is 4.45. The summed E-state index contributed by atoms with van der Waals surface area (Å²) < 4.78 is 48.9. The van der Waals surface area contributed by atoms with Gasteiger partial charge in [0.15, 0.2) is 6.04 Å². The van der Waals surface area contributed by atoms with Gasteiger partial charge in [-0.1, -0.05) is 12.1 Å². The van der Waals surface area contributed by atoms with Crippen molar-refractivity contribution in [3.05, 3.63) is 47.0 Å². The number of ether oxygens (including phenoxy) is 1. The molecule has 0 bridgehead atoms. The van der Waals surface area contributed by atoms with Crippen molar-refractivity contribution in [2.45, 2.75) is 38.1 Å². The van der Waals surface area contributed by atoms with Crippen LogP contribution in [-0.4, -0.2) is 50.7 Å². The summed E-state index contributed by atoms with van der Waals surface area (Å²) in [5, 5.41) is 16.2. The molecule has 9 nitrogen and oxygen atoms in total. The van der Waals surface area contributed by atoms with Gasteiger partial charge >= 0.3 is 6.18 Å². The van der Waals surface area contributed by atoms with Crippen LogP contribution in [0.5, 0.6) is 0 Å². The van der Waals surface area contributed by atoms with E-state index in [0.717, 1.165) is 11.9 Å². The summed E-state index contributed by atoms with van der Waals surface area (Å²) in [4.78, 5) is 21.6. The van der Waals surface area contributed by atoms with Crippen LogP contribution in [0, 0.1) is 23.2 Å². The molecule has 0 spiro atoms. The molecule has 2 atom stereocenters. The number of benzene rings is 1. The normalized spacial score (nSPS) is 19.3. The molecule has 3 aromatic rings. The zero-order valence-corrected chi connectivity index (χ0v) is 20.4. The Bertz CT molecular complexity index is 1300. The lowest BCUT2D eigenvalue weighted by atomic mass is 9.75. The van der Waals surface area contributed by atoms with Crippen molar-refractivity contribution in [2.75, 3.05) is 19.5 Å². The van der Waals surface area contributed by atoms with Gasteiger partial charge in [-0.25, -0.2) is 4.98 Å². The Morgan fingerprint density at radius 2 is 2.00 bits per heavy atom. The Kier molecular flexibility index (Phi) is 7.06. The molecule has 4 rings (SSSR count). The van der Waals surface area contributed by atoms with Crippen LogP contribution in [0.3, 0.4) is 0 Å². The number of nitriles is 1. The fraction of sp³-hybridized carbons (Fsp3) is 0.435. The summed E-state index contributed by atoms with van der Waals surface area (Å²) in [6.07, 6.45) is -3.04. The van der Waals surface area contributed by atoms with Gasteiger partial charge in [0.05, 0.1) is 29.8 Å². The Morgan fingerprint density at radius 3 is 2.58 bits per heavy atom. The van der Waals surface area contributed by atoms with E-state index >= 15 is 0 Å². The number of carbonyl (C=O) groups is 1. The van der Waals surface area contributed by atoms with Crippen molar-refractivity contribution in [3.8, 4) is 6.07 Å². The first kappa shape index (κ1) is 25.7. The molecule has 2 aromatic heterocycles. The number of rotatable bonds is 7. The first-order valence-corrected chi connectivity index (χ1v) is 11.4. The highest BCUT2D eigenvalue weighted by molar-refractivity contribution is 6.28. The lowest BCUT2D eigenvalue weighted by Crippen LogP contribution is -2.45. The van der Waals surface area contributed by atoms with Gasteiger partial charge in [-0.3, -0.25) is 4.79 Å². The second-order valence-electron chi connectivity index (χ2n) is 8.66. The predicted molar refractivity (Wildman–Crippen MR) is 124 cm³/mol. The smallest absolute Gasteiger partial charge is 0.375 e. The molecule has 1 aromatic carbocycles. The summed E-state index contributed by atoms with van der Waals surface area (Å²) in [6, 6.07) is 5.54. The Hall–Kier alpha value is -3.43. The van der Waals surface area contributed by atoms with Gasteiger partial charge in [-0.2, -0.15) is 27.9 Å². The average Bonchev–Trinajstić information content (AvgIpc) is 3.18. The van der Waals surface area contributed by atoms with Gasteiger partial charge in [0.25, 0.3) is 5.78 Å². The number of aromatic nitrogens is 4. The van der Waals surface area contributed by atoms with Gasteiger partial charge in [-0.15, -0.1) is 5.10 Å². The molecule has 1 aliphatic carbocycles. The molecule has 13 heteroatoms. The van der Waals surface area contributed by atoms with Crippen molar-refractivity contribution in [1.82, 2.24) is 24.5 Å². The number of carbonyl (C=O) groups excluding carboxylic acids is 1. The van der Waals surface area contributed by atoms with E-state index in [0.29, 0.717) is 17.1 Å². The van der Waals surface area contributed by atoms with Crippen molar-refractivity contribution in [2.24, 2.45) is 11.8 Å². The summed E-state index contributed by atoms with van der Waals surface area (Å²) in [5.74, 6) is -1.20. The first-order valence-electron chi connectivity index (χ1n) is 11.1. The van der Waals surface area contributed by atoms with Gasteiger partial charge < -0.3 is 15.0 Å². The highest BCUT2D eigenvalue weighted by atomic mass is 35.5. The SMILES string of the molecule is CO[C@@H](C)c1c(Nc2ccc([C@@H](N(C)C(=O)C3CC(C#N)C3)C(F)(F)F)cc2)cnc2nc(Cl)nn12. The van der Waals surface area contributed by atoms with Crippen molar-refractivity contribution >= 4 is 34.7 Å². The third-order valence-electron chi connectivity index (χ3n) is 6.34. The molecule has 0 aliphatic heterocycles. The Labute approximate surface area is 209 Å². The largest absolute Gasteiger partial charge is 0.413 e. The third-order valence-corrected chi connectivity index (χ3v) is 6.50. The highest BCUT2D eigenvalue weighted by Crippen LogP contribution is 2.41. The van der Waals surface area contributed by atoms with Gasteiger partial charge in [0, 0.05) is 31.7 Å². The minimum Gasteiger partial charge on any atom is -0.375 e. The maximum Gasteiger partial charge on any atom is 0.413 e. The Balaban J connectivity index is 1.59. The number of amides is 1. The lowest BCUT2D eigenvalue weighted by molar-refractivity contribution is -0.191. The highest BCUT2D eigenvalue weighted by Gasteiger charge is 2.47. The van der Waals surface area contributed by atoms with Crippen LogP contribution in [0.2, 0.25) is 5.28 Å². The first-order chi connectivity index (χ1) is 17.0. The molecular formula is C23H23ClF3N7O2. The molecule has 1 N–H and O–H groups in total. The molecule has 0 saturated heterocycles. The van der Waals surface area contributed by atoms with E-state index in [4.69, 9.17) is 21.6 Å². The zero-order chi connectivity index (χ0) is 26.2. The number of hydrogen-bond acceptors (Lipinski definition) is 7. The van der Waals surface area contributed by atoms with Crippen LogP contribution in [0.25, 0.3) is 5.78 Å². The van der Waals surface area contributed by atoms with E-state index in [2.05, 4.69) is 20.4 Å². The van der Waals surface area contributed by atoms with Gasteiger partial charge in [-0.05, 0) is 49.1 Å². The number of fused-ring (bicyclic) bond motifs is 1. The molecule has 1 fully saturated rings. The van der Waals surface area contributed by atoms with Crippen LogP contribution in [0.15, 0.2) is 30.5 Å². The molecular weight excluding hydrogens is 499 g/mol. The number of hydrogen-bond donors (Lipinski definition) is 1. The number of alkyl halides is 3. The van der Waals surface area contributed by atoms with Crippen molar-refractivity contribution < 1.29 is 22.7 Å². The minimum absolute atomic E-state index is 0.00969. The number of anilines is 2. The van der Waals surface area contributed by atoms with Crippen LogP contribution in [0.4, 0.5) is 24.5 Å². The Morgan fingerprint density at radius 1 is 1.33 bits per heavy atom. The summed E-state index contributed by atoms with van der Waals surface area (Å²) >= 11 is 5.92. The number of nitrogens with one attached hydrogen (secondary N) is 1. The molecule has 1 amide bonds. The van der Waals surface area contributed by atoms with E-state index in [-0.39, 0.29) is 35.4 Å². The molecule has 2 heterocycles. The van der Waals surface area contributed by atoms with E-state index in [1.807, 2.05) is 6.07 Å². The molecule has 190 valence electrons. The van der Waals surface area contributed by atoms with Crippen LogP contribution < -0.4 is 5.32 Å². The third kappa shape index (κ3) is 4.94. The van der Waals surface area contributed by atoms with Gasteiger partial charge in [0.1, 0.15) is 0 Å². The summed E-state index contributed by atoms with van der Waals surface area (Å²) in [5.41, 5.74) is 1.48. The second-order valence-corrected chi connectivity index (χ2v) is 9.00. The number of halogens is 4. The van der Waals surface area contributed by atoms with Gasteiger partial charge in [0.2, 0.25) is 11.2 Å². The van der Waals surface area contributed by atoms with E-state index in [1.165, 1.54) is 42.1 Å². The number of nitrogens with zero attached hydrogens (tertiary/aromatic N) is 6. The van der Waals surface area contributed by atoms with E-state index < -0.39 is 30.1 Å². The predicted octanol–water partition coefficient (Wildman–Crippen LogP) is 4.84. The number of methoxy groups -OCH3 is 1. The monoisotopic (exact) mass is 521 g/mol. The summed E-state index contributed by atoms with van der Waals surface area (Å²) in [7, 11) is 2.67. The zero-order valence-electron chi connectivity index (χ0n) is 19.6. The quantitative estimate of drug-likeness (QED) is 0.474. The fourth-order valence-electron chi connectivity index (χ4n) is 4.30. The van der Waals surface area contributed by atoms with Crippen LogP contribution in [-0.2, 0) is 9.53 Å². The lowest BCUT2D eigenvalue weighted by Gasteiger charge is -2.37. The topological polar surface area (TPSA) is 108 Å². The van der Waals surface area contributed by atoms with Crippen LogP contribution >= 0.6 is 11.6 Å². The van der Waals surface area contributed by atoms with Crippen molar-refractivity contribution in [3.63, 3.8) is 0 Å². The minimum atomic E-state index is -4.68. The maximum absolute atomic E-state index is 14.0. The molecule has 1 saturated carbocycles. The van der Waals surface area contributed by atoms with Crippen molar-refractivity contribution in [1.29, 1.82) is 5.26 Å². The maximum atomic E-state index is 14.0. The molecule has 36 heavy (non-hydrogen) atoms. The second kappa shape index (κ2) is 9.91. The molecule has 1 aliphatic rings. The van der Waals surface area contributed by atoms with E-state index in [9.17, 15) is 18.0 Å². The average molecular weight is 522 g/mol. The van der Waals surface area contributed by atoms with Crippen LogP contribution in [0.1, 0.15) is 43.2 Å². The standard InChI is InChI=1S/C23H23ClF3N7O2/c1-12(36-3)18-17(11-29-22-31-21(24)32-34(18)22)30-16-6-4-14(5-7-16)19(23(25,26)27)33(2)20(35)15-8-13(9-15)10-28/h4-7,11-13,15,19,30H,8-9H2,1-3H3/t12-,13?,15?,19+/m0/s1.